The molecule has 0 aliphatic carbocycles. The minimum atomic E-state index is 0.821. The fourth-order valence-corrected chi connectivity index (χ4v) is 3.20. The summed E-state index contributed by atoms with van der Waals surface area (Å²) in [4.78, 5) is 17.2. The van der Waals surface area contributed by atoms with Gasteiger partial charge >= 0.3 is 0 Å². The van der Waals surface area contributed by atoms with E-state index in [4.69, 9.17) is 0 Å². The summed E-state index contributed by atoms with van der Waals surface area (Å²) in [6, 6.07) is 15.5. The van der Waals surface area contributed by atoms with Gasteiger partial charge in [0.05, 0.1) is 11.0 Å². The van der Waals surface area contributed by atoms with Crippen LogP contribution >= 0.6 is 0 Å². The monoisotopic (exact) mass is 382 g/mol. The van der Waals surface area contributed by atoms with E-state index in [0.717, 1.165) is 44.1 Å². The Morgan fingerprint density at radius 3 is 1.30 bits per heavy atom. The number of rotatable bonds is 0. The van der Waals surface area contributed by atoms with Crippen molar-refractivity contribution in [2.24, 2.45) is 0 Å². The maximum Gasteiger partial charge on any atom is 0.0977 e. The minimum absolute atomic E-state index is 0.821. The van der Waals surface area contributed by atoms with E-state index in [1.807, 2.05) is 48.5 Å². The van der Waals surface area contributed by atoms with Gasteiger partial charge in [0.1, 0.15) is 0 Å². The van der Waals surface area contributed by atoms with Gasteiger partial charge < -0.3 is 0 Å². The average molecular weight is 382 g/mol. The molecule has 0 amide bonds. The summed E-state index contributed by atoms with van der Waals surface area (Å²) in [5.74, 6) is 12.9. The summed E-state index contributed by atoms with van der Waals surface area (Å²) < 4.78 is 0. The molecule has 1 aromatic carbocycles. The van der Waals surface area contributed by atoms with E-state index in [-0.39, 0.29) is 0 Å². The normalized spacial score (nSPS) is 10.1. The molecule has 0 saturated carbocycles. The summed E-state index contributed by atoms with van der Waals surface area (Å²) in [6.45, 7) is 0. The SMILES string of the molecule is C(#Cc1ccnc2c1ccc1c(C#Cc3ccncc3)ccnc12)c1ccncc1. The third-order valence-corrected chi connectivity index (χ3v) is 4.66. The van der Waals surface area contributed by atoms with Crippen molar-refractivity contribution in [1.29, 1.82) is 0 Å². The van der Waals surface area contributed by atoms with E-state index in [1.54, 1.807) is 37.2 Å². The summed E-state index contributed by atoms with van der Waals surface area (Å²) in [5, 5.41) is 1.94. The molecular weight excluding hydrogens is 368 g/mol. The summed E-state index contributed by atoms with van der Waals surface area (Å²) in [5.41, 5.74) is 5.30. The molecule has 5 aromatic rings. The van der Waals surface area contributed by atoms with Crippen molar-refractivity contribution < 1.29 is 0 Å². The van der Waals surface area contributed by atoms with Crippen molar-refractivity contribution in [3.05, 3.63) is 108 Å². The highest BCUT2D eigenvalue weighted by molar-refractivity contribution is 6.06. The van der Waals surface area contributed by atoms with E-state index >= 15 is 0 Å². The standard InChI is InChI=1S/C26H14N4/c1(19-7-13-27-14-8-19)3-21-11-17-29-25-23(21)5-6-24-22(12-18-30-26(24)25)4-2-20-9-15-28-16-10-20/h5-18H. The lowest BCUT2D eigenvalue weighted by Gasteiger charge is -2.05. The van der Waals surface area contributed by atoms with Gasteiger partial charge in [-0.05, 0) is 36.4 Å². The van der Waals surface area contributed by atoms with Crippen LogP contribution in [-0.4, -0.2) is 19.9 Å². The van der Waals surface area contributed by atoms with Gasteiger partial charge in [-0.1, -0.05) is 35.8 Å². The first-order chi connectivity index (χ1) is 14.9. The highest BCUT2D eigenvalue weighted by atomic mass is 14.7. The largest absolute Gasteiger partial charge is 0.265 e. The number of fused-ring (bicyclic) bond motifs is 3. The Balaban J connectivity index is 1.63. The zero-order valence-electron chi connectivity index (χ0n) is 15.9. The maximum atomic E-state index is 4.59. The molecule has 0 fully saturated rings. The summed E-state index contributed by atoms with van der Waals surface area (Å²) >= 11 is 0. The predicted octanol–water partition coefficient (Wildman–Crippen LogP) is 4.37. The molecule has 4 nitrogen and oxygen atoms in total. The molecule has 4 aromatic heterocycles. The number of nitrogens with zero attached hydrogens (tertiary/aromatic N) is 4. The van der Waals surface area contributed by atoms with Gasteiger partial charge in [0.25, 0.3) is 0 Å². The molecule has 0 unspecified atom stereocenters. The van der Waals surface area contributed by atoms with Crippen LogP contribution in [0.1, 0.15) is 22.3 Å². The van der Waals surface area contributed by atoms with Crippen LogP contribution < -0.4 is 0 Å². The van der Waals surface area contributed by atoms with Crippen LogP contribution in [0, 0.1) is 23.7 Å². The molecule has 0 radical (unpaired) electrons. The lowest BCUT2D eigenvalue weighted by atomic mass is 10.0. The molecule has 0 aliphatic heterocycles. The number of hydrogen-bond acceptors (Lipinski definition) is 4. The first kappa shape index (κ1) is 17.6. The highest BCUT2D eigenvalue weighted by Gasteiger charge is 2.08. The number of pyridine rings is 4. The van der Waals surface area contributed by atoms with Crippen LogP contribution in [0.4, 0.5) is 0 Å². The van der Waals surface area contributed by atoms with Crippen molar-refractivity contribution in [1.82, 2.24) is 19.9 Å². The smallest absolute Gasteiger partial charge is 0.0977 e. The molecule has 30 heavy (non-hydrogen) atoms. The van der Waals surface area contributed by atoms with Gasteiger partial charge in [0.2, 0.25) is 0 Å². The Hall–Kier alpha value is -4.54. The van der Waals surface area contributed by atoms with Gasteiger partial charge in [0, 0.05) is 70.2 Å². The molecule has 0 saturated heterocycles. The fourth-order valence-electron chi connectivity index (χ4n) is 3.20. The predicted molar refractivity (Wildman–Crippen MR) is 117 cm³/mol. The van der Waals surface area contributed by atoms with Crippen molar-refractivity contribution in [2.45, 2.75) is 0 Å². The Bertz CT molecular complexity index is 1370. The molecule has 0 atom stereocenters. The topological polar surface area (TPSA) is 51.6 Å². The lowest BCUT2D eigenvalue weighted by Crippen LogP contribution is -1.90. The molecular formula is C26H14N4. The number of aromatic nitrogens is 4. The van der Waals surface area contributed by atoms with Crippen LogP contribution in [0.3, 0.4) is 0 Å². The molecule has 0 N–H and O–H groups in total. The zero-order valence-corrected chi connectivity index (χ0v) is 15.9. The van der Waals surface area contributed by atoms with E-state index in [9.17, 15) is 0 Å². The lowest BCUT2D eigenvalue weighted by molar-refractivity contribution is 1.32. The van der Waals surface area contributed by atoms with E-state index < -0.39 is 0 Å². The van der Waals surface area contributed by atoms with Crippen LogP contribution in [0.25, 0.3) is 21.8 Å². The fraction of sp³-hybridized carbons (Fsp3) is 0. The van der Waals surface area contributed by atoms with Crippen molar-refractivity contribution in [3.63, 3.8) is 0 Å². The summed E-state index contributed by atoms with van der Waals surface area (Å²) in [6.07, 6.45) is 10.5. The van der Waals surface area contributed by atoms with Crippen LogP contribution in [0.5, 0.6) is 0 Å². The average Bonchev–Trinajstić information content (AvgIpc) is 2.82. The van der Waals surface area contributed by atoms with Crippen molar-refractivity contribution in [2.75, 3.05) is 0 Å². The van der Waals surface area contributed by atoms with E-state index in [0.29, 0.717) is 0 Å². The Morgan fingerprint density at radius 1 is 0.433 bits per heavy atom. The summed E-state index contributed by atoms with van der Waals surface area (Å²) in [7, 11) is 0. The molecule has 0 bridgehead atoms. The van der Waals surface area contributed by atoms with E-state index in [2.05, 4.69) is 43.6 Å². The molecule has 5 rings (SSSR count). The second kappa shape index (κ2) is 7.83. The molecule has 4 heteroatoms. The first-order valence-corrected chi connectivity index (χ1v) is 9.39. The van der Waals surface area contributed by atoms with Gasteiger partial charge in [-0.15, -0.1) is 0 Å². The van der Waals surface area contributed by atoms with E-state index in [1.165, 1.54) is 0 Å². The second-order valence-electron chi connectivity index (χ2n) is 6.55. The number of benzene rings is 1. The third kappa shape index (κ3) is 3.46. The van der Waals surface area contributed by atoms with Gasteiger partial charge in [-0.2, -0.15) is 0 Å². The number of hydrogen-bond donors (Lipinski definition) is 0. The molecule has 4 heterocycles. The quantitative estimate of drug-likeness (QED) is 0.295. The third-order valence-electron chi connectivity index (χ3n) is 4.66. The Kier molecular flexibility index (Phi) is 4.58. The maximum absolute atomic E-state index is 4.59. The first-order valence-electron chi connectivity index (χ1n) is 9.39. The Labute approximate surface area is 173 Å². The highest BCUT2D eigenvalue weighted by Crippen LogP contribution is 2.26. The van der Waals surface area contributed by atoms with Crippen molar-refractivity contribution >= 4 is 21.8 Å². The Morgan fingerprint density at radius 2 is 0.867 bits per heavy atom. The zero-order chi connectivity index (χ0) is 20.2. The van der Waals surface area contributed by atoms with Crippen LogP contribution in [0.2, 0.25) is 0 Å². The minimum Gasteiger partial charge on any atom is -0.265 e. The van der Waals surface area contributed by atoms with Crippen LogP contribution in [-0.2, 0) is 0 Å². The second-order valence-corrected chi connectivity index (χ2v) is 6.55. The van der Waals surface area contributed by atoms with Crippen molar-refractivity contribution in [3.8, 4) is 23.7 Å². The van der Waals surface area contributed by atoms with Crippen LogP contribution in [0.15, 0.2) is 85.7 Å². The molecule has 0 spiro atoms. The molecule has 138 valence electrons. The van der Waals surface area contributed by atoms with Gasteiger partial charge in [0.15, 0.2) is 0 Å². The van der Waals surface area contributed by atoms with Gasteiger partial charge in [-0.25, -0.2) is 0 Å². The van der Waals surface area contributed by atoms with Gasteiger partial charge in [-0.3, -0.25) is 19.9 Å². The molecule has 0 aliphatic rings.